The van der Waals surface area contributed by atoms with Crippen LogP contribution in [0.25, 0.3) is 0 Å². The van der Waals surface area contributed by atoms with Crippen molar-refractivity contribution in [2.75, 3.05) is 7.11 Å². The molecule has 120 valence electrons. The molecule has 0 aromatic heterocycles. The number of amidine groups is 1. The second-order valence-electron chi connectivity index (χ2n) is 5.28. The average Bonchev–Trinajstić information content (AvgIpc) is 2.80. The molecule has 5 nitrogen and oxygen atoms in total. The Balaban J connectivity index is 2.22. The Kier molecular flexibility index (Phi) is 4.21. The van der Waals surface area contributed by atoms with Crippen molar-refractivity contribution in [1.82, 2.24) is 4.90 Å². The van der Waals surface area contributed by atoms with Gasteiger partial charge in [0.2, 0.25) is 5.91 Å². The van der Waals surface area contributed by atoms with E-state index < -0.39 is 12.0 Å². The van der Waals surface area contributed by atoms with Gasteiger partial charge in [-0.25, -0.2) is 9.79 Å². The van der Waals surface area contributed by atoms with Crippen LogP contribution in [0.5, 0.6) is 0 Å². The molecule has 7 heteroatoms. The van der Waals surface area contributed by atoms with Crippen LogP contribution in [0.3, 0.4) is 0 Å². The Morgan fingerprint density at radius 1 is 1.39 bits per heavy atom. The van der Waals surface area contributed by atoms with E-state index in [4.69, 9.17) is 16.3 Å². The number of hydrogen-bond donors (Lipinski definition) is 0. The number of aliphatic imine (C=N–C) groups is 1. The van der Waals surface area contributed by atoms with E-state index >= 15 is 0 Å². The third-order valence-corrected chi connectivity index (χ3v) is 5.26. The number of carbonyl (C=O) groups is 2. The predicted octanol–water partition coefficient (Wildman–Crippen LogP) is 3.16. The first kappa shape index (κ1) is 16.1. The van der Waals surface area contributed by atoms with Gasteiger partial charge in [0.05, 0.1) is 29.7 Å². The summed E-state index contributed by atoms with van der Waals surface area (Å²) in [5.74, 6) is -0.597. The molecule has 1 saturated heterocycles. The van der Waals surface area contributed by atoms with Gasteiger partial charge in [0.15, 0.2) is 5.17 Å². The first-order valence-electron chi connectivity index (χ1n) is 7.07. The van der Waals surface area contributed by atoms with Crippen molar-refractivity contribution >= 4 is 40.4 Å². The van der Waals surface area contributed by atoms with E-state index in [0.29, 0.717) is 27.0 Å². The molecule has 2 aliphatic heterocycles. The van der Waals surface area contributed by atoms with Crippen molar-refractivity contribution in [3.63, 3.8) is 0 Å². The molecule has 0 bridgehead atoms. The van der Waals surface area contributed by atoms with Crippen LogP contribution in [0.2, 0.25) is 5.02 Å². The summed E-state index contributed by atoms with van der Waals surface area (Å²) in [5, 5.41) is 0.839. The van der Waals surface area contributed by atoms with Gasteiger partial charge in [-0.05, 0) is 25.5 Å². The molecule has 2 heterocycles. The summed E-state index contributed by atoms with van der Waals surface area (Å²) in [6, 6.07) is 6.57. The number of halogens is 1. The fourth-order valence-corrected chi connectivity index (χ4v) is 4.03. The highest BCUT2D eigenvalue weighted by Gasteiger charge is 2.46. The SMILES string of the molecule is COC(=O)C1=C(C)N=C2SC(C)C(=O)N2C1c1ccccc1Cl. The van der Waals surface area contributed by atoms with Crippen LogP contribution in [0.1, 0.15) is 25.5 Å². The van der Waals surface area contributed by atoms with Gasteiger partial charge in [-0.1, -0.05) is 41.6 Å². The lowest BCUT2D eigenvalue weighted by Gasteiger charge is -2.33. The van der Waals surface area contributed by atoms with Crippen molar-refractivity contribution in [2.45, 2.75) is 25.1 Å². The lowest BCUT2D eigenvalue weighted by atomic mass is 9.94. The Labute approximate surface area is 143 Å². The van der Waals surface area contributed by atoms with E-state index in [2.05, 4.69) is 4.99 Å². The lowest BCUT2D eigenvalue weighted by molar-refractivity contribution is -0.137. The summed E-state index contributed by atoms with van der Waals surface area (Å²) < 4.78 is 4.91. The van der Waals surface area contributed by atoms with Crippen LogP contribution < -0.4 is 0 Å². The standard InChI is InChI=1S/C16H15ClN2O3S/c1-8-12(15(21)22-3)13(10-6-4-5-7-11(10)17)19-14(20)9(2)23-16(19)18-8/h4-7,9,13H,1-3H3. The Hall–Kier alpha value is -1.79. The molecule has 0 saturated carbocycles. The number of esters is 1. The van der Waals surface area contributed by atoms with E-state index in [9.17, 15) is 9.59 Å². The molecular formula is C16H15ClN2O3S. The van der Waals surface area contributed by atoms with Gasteiger partial charge in [-0.3, -0.25) is 9.69 Å². The van der Waals surface area contributed by atoms with Crippen LogP contribution in [-0.2, 0) is 14.3 Å². The molecule has 0 aliphatic carbocycles. The number of amides is 1. The third-order valence-electron chi connectivity index (χ3n) is 3.86. The lowest BCUT2D eigenvalue weighted by Crippen LogP contribution is -2.40. The second kappa shape index (κ2) is 6.02. The van der Waals surface area contributed by atoms with E-state index in [1.807, 2.05) is 19.1 Å². The fourth-order valence-electron chi connectivity index (χ4n) is 2.76. The van der Waals surface area contributed by atoms with E-state index in [-0.39, 0.29) is 11.2 Å². The minimum Gasteiger partial charge on any atom is -0.466 e. The number of carbonyl (C=O) groups excluding carboxylic acids is 2. The van der Waals surface area contributed by atoms with Crippen LogP contribution in [-0.4, -0.2) is 34.3 Å². The number of hydrogen-bond acceptors (Lipinski definition) is 5. The maximum absolute atomic E-state index is 12.6. The van der Waals surface area contributed by atoms with Gasteiger partial charge in [-0.15, -0.1) is 0 Å². The van der Waals surface area contributed by atoms with E-state index in [1.54, 1.807) is 24.0 Å². The van der Waals surface area contributed by atoms with Crippen molar-refractivity contribution in [3.05, 3.63) is 46.1 Å². The Morgan fingerprint density at radius 3 is 2.74 bits per heavy atom. The summed E-state index contributed by atoms with van der Waals surface area (Å²) in [4.78, 5) is 30.9. The van der Waals surface area contributed by atoms with Gasteiger partial charge in [0, 0.05) is 5.02 Å². The Morgan fingerprint density at radius 2 is 2.09 bits per heavy atom. The molecular weight excluding hydrogens is 336 g/mol. The molecule has 1 aromatic rings. The molecule has 0 radical (unpaired) electrons. The summed E-state index contributed by atoms with van der Waals surface area (Å²) in [6.07, 6.45) is 0. The Bertz CT molecular complexity index is 759. The predicted molar refractivity (Wildman–Crippen MR) is 90.2 cm³/mol. The number of thioether (sulfide) groups is 1. The highest BCUT2D eigenvalue weighted by atomic mass is 35.5. The molecule has 0 N–H and O–H groups in total. The smallest absolute Gasteiger partial charge is 0.338 e. The molecule has 1 amide bonds. The van der Waals surface area contributed by atoms with Crippen molar-refractivity contribution in [1.29, 1.82) is 0 Å². The number of rotatable bonds is 2. The van der Waals surface area contributed by atoms with Crippen LogP contribution >= 0.6 is 23.4 Å². The molecule has 0 spiro atoms. The first-order chi connectivity index (χ1) is 11.0. The van der Waals surface area contributed by atoms with Crippen LogP contribution in [0.15, 0.2) is 40.5 Å². The molecule has 23 heavy (non-hydrogen) atoms. The molecule has 3 rings (SSSR count). The summed E-state index contributed by atoms with van der Waals surface area (Å²) in [5.41, 5.74) is 1.57. The monoisotopic (exact) mass is 350 g/mol. The molecule has 1 aromatic carbocycles. The topological polar surface area (TPSA) is 59.0 Å². The molecule has 2 aliphatic rings. The van der Waals surface area contributed by atoms with Gasteiger partial charge >= 0.3 is 5.97 Å². The van der Waals surface area contributed by atoms with Gasteiger partial charge in [0.25, 0.3) is 0 Å². The molecule has 2 unspecified atom stereocenters. The van der Waals surface area contributed by atoms with Gasteiger partial charge in [-0.2, -0.15) is 0 Å². The maximum atomic E-state index is 12.6. The van der Waals surface area contributed by atoms with Crippen molar-refractivity contribution in [2.24, 2.45) is 4.99 Å². The maximum Gasteiger partial charge on any atom is 0.338 e. The van der Waals surface area contributed by atoms with Gasteiger partial charge in [0.1, 0.15) is 0 Å². The summed E-state index contributed by atoms with van der Waals surface area (Å²) in [7, 11) is 1.31. The zero-order valence-corrected chi connectivity index (χ0v) is 14.4. The molecule has 2 atom stereocenters. The van der Waals surface area contributed by atoms with E-state index in [1.165, 1.54) is 18.9 Å². The minimum atomic E-state index is -0.617. The number of nitrogens with zero attached hydrogens (tertiary/aromatic N) is 2. The number of allylic oxidation sites excluding steroid dienone is 1. The van der Waals surface area contributed by atoms with E-state index in [0.717, 1.165) is 0 Å². The summed E-state index contributed by atoms with van der Waals surface area (Å²) >= 11 is 7.72. The molecule has 1 fully saturated rings. The number of fused-ring (bicyclic) bond motifs is 1. The van der Waals surface area contributed by atoms with Gasteiger partial charge < -0.3 is 4.74 Å². The first-order valence-corrected chi connectivity index (χ1v) is 8.33. The minimum absolute atomic E-state index is 0.0902. The normalized spacial score (nSPS) is 23.7. The second-order valence-corrected chi connectivity index (χ2v) is 6.99. The zero-order valence-electron chi connectivity index (χ0n) is 12.9. The number of benzene rings is 1. The highest BCUT2D eigenvalue weighted by Crippen LogP contribution is 2.44. The average molecular weight is 351 g/mol. The fraction of sp³-hybridized carbons (Fsp3) is 0.312. The number of ether oxygens (including phenoxy) is 1. The van der Waals surface area contributed by atoms with Crippen molar-refractivity contribution in [3.8, 4) is 0 Å². The third kappa shape index (κ3) is 2.56. The number of methoxy groups -OCH3 is 1. The van der Waals surface area contributed by atoms with Crippen LogP contribution in [0.4, 0.5) is 0 Å². The quantitative estimate of drug-likeness (QED) is 0.769. The highest BCUT2D eigenvalue weighted by molar-refractivity contribution is 8.15. The van der Waals surface area contributed by atoms with Crippen LogP contribution in [0, 0.1) is 0 Å². The van der Waals surface area contributed by atoms with Crippen molar-refractivity contribution < 1.29 is 14.3 Å². The zero-order chi connectivity index (χ0) is 16.7. The summed E-state index contributed by atoms with van der Waals surface area (Å²) in [6.45, 7) is 3.57. The largest absolute Gasteiger partial charge is 0.466 e.